The Morgan fingerprint density at radius 1 is 1.10 bits per heavy atom. The topological polar surface area (TPSA) is 52.7 Å². The van der Waals surface area contributed by atoms with Crippen LogP contribution in [0, 0.1) is 13.8 Å². The molecule has 0 fully saturated rings. The van der Waals surface area contributed by atoms with Gasteiger partial charge < -0.3 is 4.57 Å². The van der Waals surface area contributed by atoms with Crippen LogP contribution in [0.4, 0.5) is 0 Å². The molecule has 1 aromatic carbocycles. The molecule has 0 aliphatic heterocycles. The Labute approximate surface area is 180 Å². The van der Waals surface area contributed by atoms with Crippen molar-refractivity contribution in [3.05, 3.63) is 77.6 Å². The zero-order valence-corrected chi connectivity index (χ0v) is 18.1. The van der Waals surface area contributed by atoms with E-state index in [2.05, 4.69) is 27.9 Å². The van der Waals surface area contributed by atoms with Crippen molar-refractivity contribution < 1.29 is 4.79 Å². The number of thioether (sulfide) groups is 1. The molecule has 29 heavy (non-hydrogen) atoms. The van der Waals surface area contributed by atoms with Crippen molar-refractivity contribution in [1.29, 1.82) is 0 Å². The number of Topliss-reactive ketones (excluding diaryl/α,β-unsaturated/α-hetero) is 1. The molecule has 0 atom stereocenters. The summed E-state index contributed by atoms with van der Waals surface area (Å²) in [6.07, 6.45) is 3.62. The summed E-state index contributed by atoms with van der Waals surface area (Å²) in [4.78, 5) is 12.8. The Bertz CT molecular complexity index is 1050. The molecular weight excluding hydrogens is 404 g/mol. The SMILES string of the molecule is C=CCn1c(SCC(=O)c2cc(C)n(CC=C)c2C)nnc1-c1ccc(Cl)cc1. The summed E-state index contributed by atoms with van der Waals surface area (Å²) in [5.41, 5.74) is 3.66. The molecule has 0 aliphatic rings. The second-order valence-electron chi connectivity index (χ2n) is 6.61. The van der Waals surface area contributed by atoms with Gasteiger partial charge in [-0.1, -0.05) is 35.5 Å². The molecule has 0 saturated carbocycles. The first-order valence-corrected chi connectivity index (χ1v) is 10.6. The minimum atomic E-state index is 0.0691. The van der Waals surface area contributed by atoms with Crippen molar-refractivity contribution in [2.75, 3.05) is 5.75 Å². The number of rotatable bonds is 9. The first kappa shape index (κ1) is 21.1. The molecule has 7 heteroatoms. The van der Waals surface area contributed by atoms with Gasteiger partial charge in [0.15, 0.2) is 16.8 Å². The van der Waals surface area contributed by atoms with Crippen molar-refractivity contribution in [3.63, 3.8) is 0 Å². The summed E-state index contributed by atoms with van der Waals surface area (Å²) in [6, 6.07) is 9.38. The number of carbonyl (C=O) groups is 1. The summed E-state index contributed by atoms with van der Waals surface area (Å²) in [5.74, 6) is 1.08. The van der Waals surface area contributed by atoms with E-state index < -0.39 is 0 Å². The molecule has 5 nitrogen and oxygen atoms in total. The number of carbonyl (C=O) groups excluding carboxylic acids is 1. The lowest BCUT2D eigenvalue weighted by atomic mass is 10.2. The van der Waals surface area contributed by atoms with Crippen LogP contribution in [0.2, 0.25) is 5.02 Å². The first-order chi connectivity index (χ1) is 14.0. The van der Waals surface area contributed by atoms with E-state index >= 15 is 0 Å². The van der Waals surface area contributed by atoms with Crippen LogP contribution in [0.3, 0.4) is 0 Å². The summed E-state index contributed by atoms with van der Waals surface area (Å²) in [7, 11) is 0. The van der Waals surface area contributed by atoms with Crippen LogP contribution in [-0.2, 0) is 13.1 Å². The second-order valence-corrected chi connectivity index (χ2v) is 7.99. The number of hydrogen-bond acceptors (Lipinski definition) is 4. The smallest absolute Gasteiger partial charge is 0.192 e. The number of nitrogens with zero attached hydrogens (tertiary/aromatic N) is 4. The summed E-state index contributed by atoms with van der Waals surface area (Å²) in [6.45, 7) is 12.8. The molecule has 0 amide bonds. The summed E-state index contributed by atoms with van der Waals surface area (Å²) >= 11 is 7.37. The Morgan fingerprint density at radius 2 is 1.76 bits per heavy atom. The lowest BCUT2D eigenvalue weighted by molar-refractivity contribution is 0.102. The zero-order chi connectivity index (χ0) is 21.0. The minimum Gasteiger partial charge on any atom is -0.345 e. The van der Waals surface area contributed by atoms with Crippen molar-refractivity contribution in [3.8, 4) is 11.4 Å². The van der Waals surface area contributed by atoms with Crippen molar-refractivity contribution in [2.45, 2.75) is 32.1 Å². The fourth-order valence-electron chi connectivity index (χ4n) is 3.20. The number of hydrogen-bond donors (Lipinski definition) is 0. The molecule has 0 radical (unpaired) electrons. The highest BCUT2D eigenvalue weighted by molar-refractivity contribution is 7.99. The fourth-order valence-corrected chi connectivity index (χ4v) is 4.16. The Hall–Kier alpha value is -2.57. The molecule has 3 aromatic rings. The van der Waals surface area contributed by atoms with E-state index in [1.165, 1.54) is 11.8 Å². The van der Waals surface area contributed by atoms with Crippen molar-refractivity contribution >= 4 is 29.1 Å². The van der Waals surface area contributed by atoms with Gasteiger partial charge in [-0.25, -0.2) is 0 Å². The standard InChI is InChI=1S/C22H23ClN4OS/c1-5-11-26-15(3)13-19(16(26)4)20(28)14-29-22-25-24-21(27(22)12-6-2)17-7-9-18(23)10-8-17/h5-10,13H,1-2,11-12,14H2,3-4H3. The molecule has 0 bridgehead atoms. The average Bonchev–Trinajstić information content (AvgIpc) is 3.23. The van der Waals surface area contributed by atoms with E-state index in [9.17, 15) is 4.79 Å². The second kappa shape index (κ2) is 9.29. The maximum absolute atomic E-state index is 12.8. The Kier molecular flexibility index (Phi) is 6.77. The molecule has 150 valence electrons. The number of ketones is 1. The highest BCUT2D eigenvalue weighted by atomic mass is 35.5. The van der Waals surface area contributed by atoms with E-state index in [0.29, 0.717) is 23.3 Å². The predicted molar refractivity (Wildman–Crippen MR) is 120 cm³/mol. The summed E-state index contributed by atoms with van der Waals surface area (Å²) < 4.78 is 4.04. The van der Waals surface area contributed by atoms with Crippen molar-refractivity contribution in [1.82, 2.24) is 19.3 Å². The quantitative estimate of drug-likeness (QED) is 0.262. The van der Waals surface area contributed by atoms with Gasteiger partial charge in [-0.05, 0) is 44.2 Å². The van der Waals surface area contributed by atoms with Crippen LogP contribution in [-0.4, -0.2) is 30.9 Å². The number of allylic oxidation sites excluding steroid dienone is 2. The minimum absolute atomic E-state index is 0.0691. The van der Waals surface area contributed by atoms with Crippen LogP contribution >= 0.6 is 23.4 Å². The molecule has 0 N–H and O–H groups in total. The third-order valence-corrected chi connectivity index (χ3v) is 5.87. The predicted octanol–water partition coefficient (Wildman–Crippen LogP) is 5.36. The van der Waals surface area contributed by atoms with Gasteiger partial charge in [0.2, 0.25) is 0 Å². The maximum atomic E-state index is 12.8. The lowest BCUT2D eigenvalue weighted by Gasteiger charge is -2.08. The molecule has 2 aromatic heterocycles. The Morgan fingerprint density at radius 3 is 2.41 bits per heavy atom. The van der Waals surface area contributed by atoms with Crippen LogP contribution in [0.5, 0.6) is 0 Å². The van der Waals surface area contributed by atoms with Gasteiger partial charge in [-0.3, -0.25) is 9.36 Å². The molecule has 3 rings (SSSR count). The average molecular weight is 427 g/mol. The number of aryl methyl sites for hydroxylation is 1. The van der Waals surface area contributed by atoms with Gasteiger partial charge >= 0.3 is 0 Å². The van der Waals surface area contributed by atoms with Gasteiger partial charge in [0.1, 0.15) is 0 Å². The van der Waals surface area contributed by atoms with Crippen molar-refractivity contribution in [2.24, 2.45) is 0 Å². The third kappa shape index (κ3) is 4.54. The molecule has 2 heterocycles. The van der Waals surface area contributed by atoms with Crippen LogP contribution < -0.4 is 0 Å². The lowest BCUT2D eigenvalue weighted by Crippen LogP contribution is -2.07. The largest absolute Gasteiger partial charge is 0.345 e. The van der Waals surface area contributed by atoms with Gasteiger partial charge in [0, 0.05) is 40.6 Å². The number of aromatic nitrogens is 4. The van der Waals surface area contributed by atoms with E-state index in [4.69, 9.17) is 11.6 Å². The molecular formula is C22H23ClN4OS. The highest BCUT2D eigenvalue weighted by Crippen LogP contribution is 2.26. The summed E-state index contributed by atoms with van der Waals surface area (Å²) in [5, 5.41) is 9.97. The molecule has 0 aliphatic carbocycles. The molecule has 0 unspecified atom stereocenters. The number of benzene rings is 1. The Balaban J connectivity index is 1.81. The molecule has 0 saturated heterocycles. The highest BCUT2D eigenvalue weighted by Gasteiger charge is 2.18. The van der Waals surface area contributed by atoms with Crippen LogP contribution in [0.15, 0.2) is 60.8 Å². The van der Waals surface area contributed by atoms with Gasteiger partial charge in [0.05, 0.1) is 5.75 Å². The van der Waals surface area contributed by atoms with E-state index in [0.717, 1.165) is 28.3 Å². The third-order valence-electron chi connectivity index (χ3n) is 4.65. The van der Waals surface area contributed by atoms with Gasteiger partial charge in [-0.2, -0.15) is 0 Å². The van der Waals surface area contributed by atoms with E-state index in [1.54, 1.807) is 6.08 Å². The fraction of sp³-hybridized carbons (Fsp3) is 0.227. The van der Waals surface area contributed by atoms with E-state index in [1.807, 2.05) is 54.8 Å². The van der Waals surface area contributed by atoms with Crippen LogP contribution in [0.1, 0.15) is 21.7 Å². The van der Waals surface area contributed by atoms with Gasteiger partial charge in [-0.15, -0.1) is 23.4 Å². The first-order valence-electron chi connectivity index (χ1n) is 9.20. The van der Waals surface area contributed by atoms with Crippen LogP contribution in [0.25, 0.3) is 11.4 Å². The molecule has 0 spiro atoms. The monoisotopic (exact) mass is 426 g/mol. The maximum Gasteiger partial charge on any atom is 0.192 e. The van der Waals surface area contributed by atoms with E-state index in [-0.39, 0.29) is 11.5 Å². The number of halogens is 1. The van der Waals surface area contributed by atoms with Gasteiger partial charge in [0.25, 0.3) is 0 Å². The zero-order valence-electron chi connectivity index (χ0n) is 16.6. The normalized spacial score (nSPS) is 10.9.